The van der Waals surface area contributed by atoms with Crippen molar-refractivity contribution >= 4 is 0 Å². The van der Waals surface area contributed by atoms with Crippen LogP contribution in [0.25, 0.3) is 0 Å². The lowest BCUT2D eigenvalue weighted by atomic mass is 9.97. The highest BCUT2D eigenvalue weighted by molar-refractivity contribution is 5.21. The van der Waals surface area contributed by atoms with Crippen molar-refractivity contribution in [3.05, 3.63) is 17.2 Å². The zero-order valence-electron chi connectivity index (χ0n) is 10.7. The van der Waals surface area contributed by atoms with E-state index in [1.165, 1.54) is 23.6 Å². The summed E-state index contributed by atoms with van der Waals surface area (Å²) in [6, 6.07) is 0.302. The fraction of sp³-hybridized carbons (Fsp3) is 0.769. The summed E-state index contributed by atoms with van der Waals surface area (Å²) in [5.41, 5.74) is 8.82. The van der Waals surface area contributed by atoms with Crippen LogP contribution >= 0.6 is 0 Å². The van der Waals surface area contributed by atoms with E-state index in [4.69, 9.17) is 10.7 Å². The first-order valence-electron chi connectivity index (χ1n) is 6.51. The van der Waals surface area contributed by atoms with Gasteiger partial charge in [0.25, 0.3) is 0 Å². The van der Waals surface area contributed by atoms with Gasteiger partial charge in [0.15, 0.2) is 0 Å². The Morgan fingerprint density at radius 3 is 2.81 bits per heavy atom. The second-order valence-corrected chi connectivity index (χ2v) is 4.97. The lowest BCUT2D eigenvalue weighted by Gasteiger charge is -2.26. The van der Waals surface area contributed by atoms with Crippen molar-refractivity contribution in [3.63, 3.8) is 0 Å². The van der Waals surface area contributed by atoms with E-state index in [0.717, 1.165) is 25.8 Å². The normalized spacial score (nSPS) is 24.5. The van der Waals surface area contributed by atoms with Gasteiger partial charge in [-0.05, 0) is 19.3 Å². The summed E-state index contributed by atoms with van der Waals surface area (Å²) in [5, 5.41) is 0. The number of nitrogens with zero attached hydrogens (tertiary/aromatic N) is 2. The molecular formula is C13H23N3. The Balaban J connectivity index is 2.42. The standard InChI is InChI=1S/C13H23N3/c1-4-6-11-12(5-2)16-8-10(14)7-9(3)13(16)15-11/h9-10H,4-8,14H2,1-3H3. The van der Waals surface area contributed by atoms with Crippen LogP contribution in [0.3, 0.4) is 0 Å². The van der Waals surface area contributed by atoms with E-state index in [0.29, 0.717) is 12.0 Å². The van der Waals surface area contributed by atoms with Crippen molar-refractivity contribution in [2.45, 2.75) is 65.0 Å². The van der Waals surface area contributed by atoms with Crippen LogP contribution in [0.4, 0.5) is 0 Å². The van der Waals surface area contributed by atoms with Gasteiger partial charge in [-0.2, -0.15) is 0 Å². The molecule has 1 aliphatic heterocycles. The summed E-state index contributed by atoms with van der Waals surface area (Å²) >= 11 is 0. The van der Waals surface area contributed by atoms with Crippen LogP contribution in [0.5, 0.6) is 0 Å². The van der Waals surface area contributed by atoms with Crippen LogP contribution in [0.1, 0.15) is 56.7 Å². The zero-order valence-corrected chi connectivity index (χ0v) is 10.7. The Labute approximate surface area is 98.1 Å². The smallest absolute Gasteiger partial charge is 0.112 e. The van der Waals surface area contributed by atoms with Gasteiger partial charge in [-0.1, -0.05) is 27.2 Å². The molecule has 2 N–H and O–H groups in total. The van der Waals surface area contributed by atoms with Crippen molar-refractivity contribution in [1.29, 1.82) is 0 Å². The van der Waals surface area contributed by atoms with Gasteiger partial charge in [0.1, 0.15) is 5.82 Å². The summed E-state index contributed by atoms with van der Waals surface area (Å²) < 4.78 is 2.38. The highest BCUT2D eigenvalue weighted by atomic mass is 15.1. The van der Waals surface area contributed by atoms with Gasteiger partial charge >= 0.3 is 0 Å². The second-order valence-electron chi connectivity index (χ2n) is 4.97. The molecule has 0 amide bonds. The van der Waals surface area contributed by atoms with E-state index in [2.05, 4.69) is 25.3 Å². The van der Waals surface area contributed by atoms with Crippen LogP contribution in [-0.2, 0) is 19.4 Å². The minimum absolute atomic E-state index is 0.302. The number of imidazole rings is 1. The minimum Gasteiger partial charge on any atom is -0.330 e. The topological polar surface area (TPSA) is 43.8 Å². The van der Waals surface area contributed by atoms with E-state index in [-0.39, 0.29) is 0 Å². The maximum atomic E-state index is 6.10. The molecular weight excluding hydrogens is 198 g/mol. The Hall–Kier alpha value is -0.830. The number of hydrogen-bond acceptors (Lipinski definition) is 2. The van der Waals surface area contributed by atoms with Crippen molar-refractivity contribution in [1.82, 2.24) is 9.55 Å². The second kappa shape index (κ2) is 4.58. The molecule has 0 saturated heterocycles. The van der Waals surface area contributed by atoms with Gasteiger partial charge in [-0.25, -0.2) is 4.98 Å². The van der Waals surface area contributed by atoms with E-state index in [9.17, 15) is 0 Å². The van der Waals surface area contributed by atoms with E-state index < -0.39 is 0 Å². The zero-order chi connectivity index (χ0) is 11.7. The first-order chi connectivity index (χ1) is 7.67. The SMILES string of the molecule is CCCc1nc2n(c1CC)CC(N)CC2C. The van der Waals surface area contributed by atoms with E-state index in [1.54, 1.807) is 0 Å². The summed E-state index contributed by atoms with van der Waals surface area (Å²) in [6.07, 6.45) is 4.42. The van der Waals surface area contributed by atoms with Gasteiger partial charge in [-0.15, -0.1) is 0 Å². The van der Waals surface area contributed by atoms with Crippen LogP contribution in [0, 0.1) is 0 Å². The molecule has 0 radical (unpaired) electrons. The maximum absolute atomic E-state index is 6.10. The molecule has 2 unspecified atom stereocenters. The van der Waals surface area contributed by atoms with Gasteiger partial charge in [0.05, 0.1) is 5.69 Å². The largest absolute Gasteiger partial charge is 0.330 e. The molecule has 2 rings (SSSR count). The molecule has 0 spiro atoms. The molecule has 0 bridgehead atoms. The van der Waals surface area contributed by atoms with E-state index in [1.807, 2.05) is 0 Å². The Morgan fingerprint density at radius 1 is 1.44 bits per heavy atom. The van der Waals surface area contributed by atoms with Gasteiger partial charge < -0.3 is 10.3 Å². The third-order valence-electron chi connectivity index (χ3n) is 3.52. The first kappa shape index (κ1) is 11.6. The Bertz CT molecular complexity index is 367. The highest BCUT2D eigenvalue weighted by Crippen LogP contribution is 2.28. The number of hydrogen-bond donors (Lipinski definition) is 1. The quantitative estimate of drug-likeness (QED) is 0.850. The Morgan fingerprint density at radius 2 is 2.19 bits per heavy atom. The molecule has 16 heavy (non-hydrogen) atoms. The van der Waals surface area contributed by atoms with Gasteiger partial charge in [0.2, 0.25) is 0 Å². The average Bonchev–Trinajstić information content (AvgIpc) is 2.56. The first-order valence-corrected chi connectivity index (χ1v) is 6.51. The molecule has 3 heteroatoms. The molecule has 90 valence electrons. The molecule has 0 fully saturated rings. The average molecular weight is 221 g/mol. The van der Waals surface area contributed by atoms with Crippen molar-refractivity contribution < 1.29 is 0 Å². The van der Waals surface area contributed by atoms with Gasteiger partial charge in [0, 0.05) is 24.2 Å². The third-order valence-corrected chi connectivity index (χ3v) is 3.52. The monoisotopic (exact) mass is 221 g/mol. The summed E-state index contributed by atoms with van der Waals surface area (Å²) in [6.45, 7) is 7.63. The summed E-state index contributed by atoms with van der Waals surface area (Å²) in [7, 11) is 0. The molecule has 1 aromatic heterocycles. The molecule has 1 aliphatic rings. The summed E-state index contributed by atoms with van der Waals surface area (Å²) in [5.74, 6) is 1.78. The van der Waals surface area contributed by atoms with Crippen molar-refractivity contribution in [2.75, 3.05) is 0 Å². The lowest BCUT2D eigenvalue weighted by molar-refractivity contribution is 0.400. The maximum Gasteiger partial charge on any atom is 0.112 e. The van der Waals surface area contributed by atoms with Crippen LogP contribution < -0.4 is 5.73 Å². The molecule has 0 saturated carbocycles. The molecule has 1 aromatic rings. The fourth-order valence-corrected chi connectivity index (χ4v) is 2.84. The molecule has 2 atom stereocenters. The van der Waals surface area contributed by atoms with Crippen LogP contribution in [0.2, 0.25) is 0 Å². The summed E-state index contributed by atoms with van der Waals surface area (Å²) in [4.78, 5) is 4.83. The number of aryl methyl sites for hydroxylation is 1. The van der Waals surface area contributed by atoms with Gasteiger partial charge in [-0.3, -0.25) is 0 Å². The van der Waals surface area contributed by atoms with Crippen molar-refractivity contribution in [3.8, 4) is 0 Å². The number of nitrogens with two attached hydrogens (primary N) is 1. The number of aromatic nitrogens is 2. The van der Waals surface area contributed by atoms with E-state index >= 15 is 0 Å². The highest BCUT2D eigenvalue weighted by Gasteiger charge is 2.26. The molecule has 0 aromatic carbocycles. The number of fused-ring (bicyclic) bond motifs is 1. The predicted octanol–water partition coefficient (Wildman–Crippen LogP) is 2.23. The minimum atomic E-state index is 0.302. The van der Waals surface area contributed by atoms with Crippen molar-refractivity contribution in [2.24, 2.45) is 5.73 Å². The van der Waals surface area contributed by atoms with Crippen LogP contribution in [-0.4, -0.2) is 15.6 Å². The predicted molar refractivity (Wildman–Crippen MR) is 66.6 cm³/mol. The Kier molecular flexibility index (Phi) is 3.33. The molecule has 3 nitrogen and oxygen atoms in total. The lowest BCUT2D eigenvalue weighted by Crippen LogP contribution is -2.34. The third kappa shape index (κ3) is 1.88. The number of rotatable bonds is 3. The molecule has 0 aliphatic carbocycles. The molecule has 2 heterocycles. The van der Waals surface area contributed by atoms with Crippen LogP contribution in [0.15, 0.2) is 0 Å². The fourth-order valence-electron chi connectivity index (χ4n) is 2.84.